The van der Waals surface area contributed by atoms with Crippen LogP contribution in [0.2, 0.25) is 0 Å². The van der Waals surface area contributed by atoms with Crippen molar-refractivity contribution >= 4 is 11.6 Å². The molecule has 110 valence electrons. The van der Waals surface area contributed by atoms with Crippen molar-refractivity contribution in [2.24, 2.45) is 5.92 Å². The molecule has 1 heterocycles. The predicted molar refractivity (Wildman–Crippen MR) is 78.4 cm³/mol. The fourth-order valence-corrected chi connectivity index (χ4v) is 2.34. The van der Waals surface area contributed by atoms with E-state index in [0.29, 0.717) is 18.1 Å². The minimum atomic E-state index is 0.0430. The zero-order valence-corrected chi connectivity index (χ0v) is 12.1. The van der Waals surface area contributed by atoms with E-state index in [2.05, 4.69) is 10.6 Å². The number of ether oxygens (including phenoxy) is 2. The van der Waals surface area contributed by atoms with Gasteiger partial charge < -0.3 is 20.1 Å². The number of methoxy groups -OCH3 is 1. The molecule has 1 aromatic rings. The van der Waals surface area contributed by atoms with Crippen molar-refractivity contribution in [3.8, 4) is 11.5 Å². The third-order valence-electron chi connectivity index (χ3n) is 3.40. The lowest BCUT2D eigenvalue weighted by molar-refractivity contribution is -0.120. The molecule has 1 fully saturated rings. The van der Waals surface area contributed by atoms with Gasteiger partial charge in [0.05, 0.1) is 19.6 Å². The molecule has 0 aromatic heterocycles. The highest BCUT2D eigenvalue weighted by molar-refractivity contribution is 5.93. The van der Waals surface area contributed by atoms with E-state index >= 15 is 0 Å². The topological polar surface area (TPSA) is 59.6 Å². The molecular formula is C15H22N2O3. The number of anilines is 1. The molecule has 1 saturated heterocycles. The summed E-state index contributed by atoms with van der Waals surface area (Å²) in [5.74, 6) is 1.42. The van der Waals surface area contributed by atoms with E-state index in [1.54, 1.807) is 19.2 Å². The Morgan fingerprint density at radius 1 is 1.45 bits per heavy atom. The maximum Gasteiger partial charge on any atom is 0.228 e. The molecule has 2 N–H and O–H groups in total. The zero-order chi connectivity index (χ0) is 14.4. The molecule has 0 radical (unpaired) electrons. The lowest BCUT2D eigenvalue weighted by Gasteiger charge is -2.22. The van der Waals surface area contributed by atoms with Crippen LogP contribution in [0.1, 0.15) is 19.8 Å². The standard InChI is InChI=1S/C15H22N2O3/c1-3-20-14-9-12(6-7-13(14)19-2)17-15(18)11-5-4-8-16-10-11/h6-7,9,11,16H,3-5,8,10H2,1-2H3,(H,17,18)/t11-/m1/s1. The fraction of sp³-hybridized carbons (Fsp3) is 0.533. The molecule has 0 unspecified atom stereocenters. The van der Waals surface area contributed by atoms with Crippen LogP contribution in [0.25, 0.3) is 0 Å². The Morgan fingerprint density at radius 2 is 2.30 bits per heavy atom. The van der Waals surface area contributed by atoms with Crippen LogP contribution in [0, 0.1) is 5.92 Å². The first-order valence-corrected chi connectivity index (χ1v) is 7.07. The molecule has 20 heavy (non-hydrogen) atoms. The van der Waals surface area contributed by atoms with E-state index < -0.39 is 0 Å². The molecule has 2 rings (SSSR count). The van der Waals surface area contributed by atoms with Gasteiger partial charge in [-0.1, -0.05) is 0 Å². The summed E-state index contributed by atoms with van der Waals surface area (Å²) in [6, 6.07) is 5.44. The molecule has 0 saturated carbocycles. The van der Waals surface area contributed by atoms with Crippen LogP contribution in [-0.2, 0) is 4.79 Å². The second kappa shape index (κ2) is 7.14. The first kappa shape index (κ1) is 14.7. The Bertz CT molecular complexity index is 456. The third-order valence-corrected chi connectivity index (χ3v) is 3.40. The molecule has 0 aliphatic carbocycles. The van der Waals surface area contributed by atoms with E-state index in [1.165, 1.54) is 0 Å². The Balaban J connectivity index is 2.04. The van der Waals surface area contributed by atoms with Gasteiger partial charge in [0.2, 0.25) is 5.91 Å². The largest absolute Gasteiger partial charge is 0.493 e. The number of piperidine rings is 1. The van der Waals surface area contributed by atoms with Crippen molar-refractivity contribution in [2.75, 3.05) is 32.1 Å². The first-order valence-electron chi connectivity index (χ1n) is 7.07. The van der Waals surface area contributed by atoms with Gasteiger partial charge in [-0.2, -0.15) is 0 Å². The molecule has 0 bridgehead atoms. The molecule has 1 aliphatic heterocycles. The lowest BCUT2D eigenvalue weighted by atomic mass is 9.99. The van der Waals surface area contributed by atoms with E-state index in [4.69, 9.17) is 9.47 Å². The summed E-state index contributed by atoms with van der Waals surface area (Å²) in [5.41, 5.74) is 0.741. The van der Waals surface area contributed by atoms with Crippen molar-refractivity contribution < 1.29 is 14.3 Å². The molecule has 5 heteroatoms. The van der Waals surface area contributed by atoms with E-state index in [9.17, 15) is 4.79 Å². The van der Waals surface area contributed by atoms with Gasteiger partial charge in [-0.15, -0.1) is 0 Å². The van der Waals surface area contributed by atoms with Crippen LogP contribution in [0.15, 0.2) is 18.2 Å². The van der Waals surface area contributed by atoms with Gasteiger partial charge in [-0.25, -0.2) is 0 Å². The summed E-state index contributed by atoms with van der Waals surface area (Å²) in [6.07, 6.45) is 1.98. The lowest BCUT2D eigenvalue weighted by Crippen LogP contribution is -2.37. The summed E-state index contributed by atoms with van der Waals surface area (Å²) < 4.78 is 10.7. The van der Waals surface area contributed by atoms with Gasteiger partial charge in [0.25, 0.3) is 0 Å². The monoisotopic (exact) mass is 278 g/mol. The minimum absolute atomic E-state index is 0.0430. The molecular weight excluding hydrogens is 256 g/mol. The second-order valence-corrected chi connectivity index (χ2v) is 4.83. The summed E-state index contributed by atoms with van der Waals surface area (Å²) in [5, 5.41) is 6.19. The Hall–Kier alpha value is -1.75. The van der Waals surface area contributed by atoms with Crippen LogP contribution in [0.4, 0.5) is 5.69 Å². The molecule has 1 atom stereocenters. The SMILES string of the molecule is CCOc1cc(NC(=O)[C@@H]2CCCNC2)ccc1OC. The Morgan fingerprint density at radius 3 is 2.95 bits per heavy atom. The second-order valence-electron chi connectivity index (χ2n) is 4.83. The quantitative estimate of drug-likeness (QED) is 0.865. The number of nitrogens with one attached hydrogen (secondary N) is 2. The third kappa shape index (κ3) is 3.63. The van der Waals surface area contributed by atoms with Crippen molar-refractivity contribution in [3.05, 3.63) is 18.2 Å². The van der Waals surface area contributed by atoms with Crippen molar-refractivity contribution in [1.82, 2.24) is 5.32 Å². The van der Waals surface area contributed by atoms with Crippen LogP contribution in [-0.4, -0.2) is 32.7 Å². The Labute approximate surface area is 119 Å². The van der Waals surface area contributed by atoms with Crippen molar-refractivity contribution in [2.45, 2.75) is 19.8 Å². The molecule has 1 aromatic carbocycles. The number of benzene rings is 1. The van der Waals surface area contributed by atoms with Crippen LogP contribution in [0.5, 0.6) is 11.5 Å². The highest BCUT2D eigenvalue weighted by Crippen LogP contribution is 2.30. The van der Waals surface area contributed by atoms with Crippen molar-refractivity contribution in [3.63, 3.8) is 0 Å². The number of carbonyl (C=O) groups is 1. The average Bonchev–Trinajstić information content (AvgIpc) is 2.49. The maximum atomic E-state index is 12.2. The van der Waals surface area contributed by atoms with E-state index in [0.717, 1.165) is 31.6 Å². The van der Waals surface area contributed by atoms with Gasteiger partial charge in [0.15, 0.2) is 11.5 Å². The minimum Gasteiger partial charge on any atom is -0.493 e. The molecule has 0 spiro atoms. The highest BCUT2D eigenvalue weighted by atomic mass is 16.5. The smallest absolute Gasteiger partial charge is 0.228 e. The van der Waals surface area contributed by atoms with Gasteiger partial charge in [-0.05, 0) is 38.4 Å². The first-order chi connectivity index (χ1) is 9.74. The number of hydrogen-bond donors (Lipinski definition) is 2. The van der Waals surface area contributed by atoms with E-state index in [1.807, 2.05) is 13.0 Å². The van der Waals surface area contributed by atoms with Gasteiger partial charge in [0, 0.05) is 18.3 Å². The number of amides is 1. The van der Waals surface area contributed by atoms with Crippen LogP contribution >= 0.6 is 0 Å². The summed E-state index contributed by atoms with van der Waals surface area (Å²) in [7, 11) is 1.60. The fourth-order valence-electron chi connectivity index (χ4n) is 2.34. The summed E-state index contributed by atoms with van der Waals surface area (Å²) in [4.78, 5) is 12.2. The van der Waals surface area contributed by atoms with Crippen molar-refractivity contribution in [1.29, 1.82) is 0 Å². The predicted octanol–water partition coefficient (Wildman–Crippen LogP) is 2.03. The molecule has 1 aliphatic rings. The number of hydrogen-bond acceptors (Lipinski definition) is 4. The maximum absolute atomic E-state index is 12.2. The van der Waals surface area contributed by atoms with Gasteiger partial charge >= 0.3 is 0 Å². The Kier molecular flexibility index (Phi) is 5.24. The van der Waals surface area contributed by atoms with Gasteiger partial charge in [-0.3, -0.25) is 4.79 Å². The summed E-state index contributed by atoms with van der Waals surface area (Å²) >= 11 is 0. The highest BCUT2D eigenvalue weighted by Gasteiger charge is 2.21. The number of rotatable bonds is 5. The normalized spacial score (nSPS) is 18.4. The van der Waals surface area contributed by atoms with Gasteiger partial charge in [0.1, 0.15) is 0 Å². The van der Waals surface area contributed by atoms with E-state index in [-0.39, 0.29) is 11.8 Å². The number of carbonyl (C=O) groups excluding carboxylic acids is 1. The molecule has 1 amide bonds. The average molecular weight is 278 g/mol. The summed E-state index contributed by atoms with van der Waals surface area (Å²) in [6.45, 7) is 4.22. The van der Waals surface area contributed by atoms with Crippen LogP contribution in [0.3, 0.4) is 0 Å². The molecule has 5 nitrogen and oxygen atoms in total. The van der Waals surface area contributed by atoms with Crippen LogP contribution < -0.4 is 20.1 Å². The zero-order valence-electron chi connectivity index (χ0n) is 12.1.